The third-order valence-electron chi connectivity index (χ3n) is 4.44. The molecule has 7 heteroatoms. The van der Waals surface area contributed by atoms with Gasteiger partial charge in [-0.25, -0.2) is 14.7 Å². The molecular formula is C19H28N6O. The van der Waals surface area contributed by atoms with Crippen molar-refractivity contribution in [3.05, 3.63) is 42.4 Å². The van der Waals surface area contributed by atoms with E-state index in [9.17, 15) is 0 Å². The van der Waals surface area contributed by atoms with Crippen molar-refractivity contribution >= 4 is 5.96 Å². The van der Waals surface area contributed by atoms with Gasteiger partial charge in [0.15, 0.2) is 11.8 Å². The summed E-state index contributed by atoms with van der Waals surface area (Å²) < 4.78 is 7.51. The molecule has 2 aromatic heterocycles. The monoisotopic (exact) mass is 356 g/mol. The van der Waals surface area contributed by atoms with E-state index in [-0.39, 0.29) is 0 Å². The zero-order valence-electron chi connectivity index (χ0n) is 15.6. The summed E-state index contributed by atoms with van der Waals surface area (Å²) in [6, 6.07) is 5.92. The van der Waals surface area contributed by atoms with Gasteiger partial charge >= 0.3 is 0 Å². The summed E-state index contributed by atoms with van der Waals surface area (Å²) in [5.41, 5.74) is 1.12. The molecule has 1 fully saturated rings. The van der Waals surface area contributed by atoms with Crippen molar-refractivity contribution in [2.75, 3.05) is 26.2 Å². The Morgan fingerprint density at radius 1 is 1.31 bits per heavy atom. The van der Waals surface area contributed by atoms with E-state index in [0.717, 1.165) is 56.4 Å². The van der Waals surface area contributed by atoms with Crippen molar-refractivity contribution in [3.8, 4) is 5.82 Å². The topological polar surface area (TPSA) is 67.6 Å². The van der Waals surface area contributed by atoms with Crippen LogP contribution >= 0.6 is 0 Å². The number of nitrogens with zero attached hydrogens (tertiary/aromatic N) is 5. The molecule has 140 valence electrons. The van der Waals surface area contributed by atoms with Gasteiger partial charge in [0.25, 0.3) is 0 Å². The van der Waals surface area contributed by atoms with Gasteiger partial charge in [-0.1, -0.05) is 0 Å². The second-order valence-electron chi connectivity index (χ2n) is 6.28. The number of nitrogens with one attached hydrogen (secondary N) is 1. The van der Waals surface area contributed by atoms with Gasteiger partial charge in [-0.2, -0.15) is 5.10 Å². The van der Waals surface area contributed by atoms with Crippen molar-refractivity contribution in [3.63, 3.8) is 0 Å². The molecule has 3 rings (SSSR count). The van der Waals surface area contributed by atoms with Crippen LogP contribution in [0, 0.1) is 0 Å². The number of pyridine rings is 1. The Kier molecular flexibility index (Phi) is 6.60. The molecule has 0 aromatic carbocycles. The second kappa shape index (κ2) is 9.33. The van der Waals surface area contributed by atoms with Gasteiger partial charge in [-0.05, 0) is 50.5 Å². The lowest BCUT2D eigenvalue weighted by Crippen LogP contribution is -2.47. The first-order chi connectivity index (χ1) is 12.8. The minimum absolute atomic E-state index is 0.385. The first-order valence-corrected chi connectivity index (χ1v) is 9.40. The van der Waals surface area contributed by atoms with Gasteiger partial charge in [0.1, 0.15) is 0 Å². The molecule has 2 aromatic rings. The molecule has 0 radical (unpaired) electrons. The Bertz CT molecular complexity index is 692. The fraction of sp³-hybridized carbons (Fsp3) is 0.526. The molecule has 0 atom stereocenters. The van der Waals surface area contributed by atoms with Crippen LogP contribution in [-0.2, 0) is 11.3 Å². The first kappa shape index (κ1) is 18.4. The lowest BCUT2D eigenvalue weighted by atomic mass is 10.1. The van der Waals surface area contributed by atoms with Gasteiger partial charge < -0.3 is 15.0 Å². The predicted molar refractivity (Wildman–Crippen MR) is 102 cm³/mol. The maximum absolute atomic E-state index is 5.75. The van der Waals surface area contributed by atoms with Gasteiger partial charge in [0, 0.05) is 44.8 Å². The van der Waals surface area contributed by atoms with Gasteiger partial charge in [-0.15, -0.1) is 0 Å². The molecule has 0 spiro atoms. The zero-order chi connectivity index (χ0) is 18.2. The van der Waals surface area contributed by atoms with Crippen LogP contribution in [0.4, 0.5) is 0 Å². The Morgan fingerprint density at radius 2 is 2.15 bits per heavy atom. The number of aromatic nitrogens is 3. The summed E-state index contributed by atoms with van der Waals surface area (Å²) in [5.74, 6) is 1.78. The van der Waals surface area contributed by atoms with Crippen molar-refractivity contribution in [2.24, 2.45) is 4.99 Å². The third kappa shape index (κ3) is 4.82. The largest absolute Gasteiger partial charge is 0.378 e. The van der Waals surface area contributed by atoms with E-state index in [1.54, 1.807) is 10.9 Å². The molecule has 26 heavy (non-hydrogen) atoms. The molecule has 0 bridgehead atoms. The number of piperidine rings is 1. The Hall–Kier alpha value is -2.41. The molecule has 1 aliphatic rings. The van der Waals surface area contributed by atoms with Gasteiger partial charge in [0.2, 0.25) is 0 Å². The van der Waals surface area contributed by atoms with Crippen LogP contribution in [0.5, 0.6) is 0 Å². The number of hydrogen-bond donors (Lipinski definition) is 1. The molecular weight excluding hydrogens is 328 g/mol. The number of aliphatic imine (C=N–C) groups is 1. The van der Waals surface area contributed by atoms with Crippen molar-refractivity contribution in [1.82, 2.24) is 25.0 Å². The molecule has 3 heterocycles. The van der Waals surface area contributed by atoms with Crippen molar-refractivity contribution in [1.29, 1.82) is 0 Å². The molecule has 0 aliphatic carbocycles. The summed E-state index contributed by atoms with van der Waals surface area (Å²) in [4.78, 5) is 11.5. The minimum atomic E-state index is 0.385. The highest BCUT2D eigenvalue weighted by Gasteiger charge is 2.21. The molecule has 1 aliphatic heterocycles. The van der Waals surface area contributed by atoms with Crippen LogP contribution in [-0.4, -0.2) is 58.0 Å². The highest BCUT2D eigenvalue weighted by Crippen LogP contribution is 2.14. The number of hydrogen-bond acceptors (Lipinski definition) is 4. The molecule has 0 saturated carbocycles. The van der Waals surface area contributed by atoms with E-state index >= 15 is 0 Å². The Morgan fingerprint density at radius 3 is 2.85 bits per heavy atom. The van der Waals surface area contributed by atoms with E-state index in [4.69, 9.17) is 9.73 Å². The second-order valence-corrected chi connectivity index (χ2v) is 6.28. The Balaban J connectivity index is 1.65. The first-order valence-electron chi connectivity index (χ1n) is 9.40. The minimum Gasteiger partial charge on any atom is -0.378 e. The molecule has 0 unspecified atom stereocenters. The van der Waals surface area contributed by atoms with E-state index in [1.807, 2.05) is 30.6 Å². The van der Waals surface area contributed by atoms with Crippen LogP contribution in [0.25, 0.3) is 5.82 Å². The molecule has 1 saturated heterocycles. The maximum atomic E-state index is 5.75. The Labute approximate surface area is 155 Å². The summed E-state index contributed by atoms with van der Waals surface area (Å²) in [6.07, 6.45) is 7.94. The lowest BCUT2D eigenvalue weighted by Gasteiger charge is -2.34. The summed E-state index contributed by atoms with van der Waals surface area (Å²) in [6.45, 7) is 8.38. The predicted octanol–water partition coefficient (Wildman–Crippen LogP) is 2.23. The van der Waals surface area contributed by atoms with Crippen LogP contribution in [0.15, 0.2) is 41.8 Å². The number of likely N-dealkylation sites (tertiary alicyclic amines) is 1. The fourth-order valence-electron chi connectivity index (χ4n) is 3.15. The van der Waals surface area contributed by atoms with Crippen LogP contribution in [0.2, 0.25) is 0 Å². The quantitative estimate of drug-likeness (QED) is 0.635. The van der Waals surface area contributed by atoms with E-state index in [0.29, 0.717) is 12.6 Å². The zero-order valence-corrected chi connectivity index (χ0v) is 15.6. The number of rotatable bonds is 6. The molecule has 7 nitrogen and oxygen atoms in total. The van der Waals surface area contributed by atoms with E-state index in [2.05, 4.69) is 34.1 Å². The van der Waals surface area contributed by atoms with Gasteiger partial charge in [0.05, 0.1) is 12.6 Å². The van der Waals surface area contributed by atoms with Crippen molar-refractivity contribution in [2.45, 2.75) is 39.3 Å². The number of guanidine groups is 1. The summed E-state index contributed by atoms with van der Waals surface area (Å²) in [7, 11) is 0. The third-order valence-corrected chi connectivity index (χ3v) is 4.44. The number of ether oxygens (including phenoxy) is 1. The normalized spacial score (nSPS) is 16.1. The maximum Gasteiger partial charge on any atom is 0.194 e. The summed E-state index contributed by atoms with van der Waals surface area (Å²) in [5, 5.41) is 7.65. The lowest BCUT2D eigenvalue weighted by molar-refractivity contribution is 0.0263. The highest BCUT2D eigenvalue weighted by atomic mass is 16.5. The molecule has 1 N–H and O–H groups in total. The highest BCUT2D eigenvalue weighted by molar-refractivity contribution is 5.80. The fourth-order valence-corrected chi connectivity index (χ4v) is 3.15. The van der Waals surface area contributed by atoms with Crippen LogP contribution in [0.1, 0.15) is 32.3 Å². The SMILES string of the molecule is CCNC(=NCc1ccnc(-n2cccn2)c1)N1CCC(OCC)CC1. The van der Waals surface area contributed by atoms with E-state index < -0.39 is 0 Å². The van der Waals surface area contributed by atoms with Crippen LogP contribution < -0.4 is 5.32 Å². The van der Waals surface area contributed by atoms with E-state index in [1.165, 1.54) is 0 Å². The smallest absolute Gasteiger partial charge is 0.194 e. The van der Waals surface area contributed by atoms with Crippen molar-refractivity contribution < 1.29 is 4.74 Å². The van der Waals surface area contributed by atoms with Crippen LogP contribution in [0.3, 0.4) is 0 Å². The molecule has 0 amide bonds. The average Bonchev–Trinajstić information content (AvgIpc) is 3.21. The van der Waals surface area contributed by atoms with Gasteiger partial charge in [-0.3, -0.25) is 0 Å². The average molecular weight is 356 g/mol. The summed E-state index contributed by atoms with van der Waals surface area (Å²) >= 11 is 0. The standard InChI is InChI=1S/C19H28N6O/c1-3-20-19(24-12-7-17(8-13-24)26-4-2)22-15-16-6-10-21-18(14-16)25-11-5-9-23-25/h5-6,9-11,14,17H,3-4,7-8,12-13,15H2,1-2H3,(H,20,22).